The number of alkyl halides is 3. The smallest absolute Gasteiger partial charge is 0.340 e. The zero-order valence-electron chi connectivity index (χ0n) is 17.9. The summed E-state index contributed by atoms with van der Waals surface area (Å²) in [5, 5.41) is 3.45. The number of carbonyl (C=O) groups is 1. The van der Waals surface area contributed by atoms with Crippen molar-refractivity contribution in [3.8, 4) is 0 Å². The Bertz CT molecular complexity index is 978. The molecular formula is C23H27F3N4O. The van der Waals surface area contributed by atoms with Crippen LogP contribution in [0.3, 0.4) is 0 Å². The Morgan fingerprint density at radius 3 is 2.71 bits per heavy atom. The van der Waals surface area contributed by atoms with Crippen LogP contribution in [0, 0.1) is 13.8 Å². The van der Waals surface area contributed by atoms with Crippen molar-refractivity contribution in [3.05, 3.63) is 53.2 Å². The molecule has 2 aliphatic heterocycles. The van der Waals surface area contributed by atoms with Gasteiger partial charge in [-0.25, -0.2) is 4.98 Å². The third-order valence-corrected chi connectivity index (χ3v) is 6.25. The number of likely N-dealkylation sites (N-methyl/N-ethyl adjacent to an activating group) is 1. The second-order valence-corrected chi connectivity index (χ2v) is 8.52. The van der Waals surface area contributed by atoms with Crippen LogP contribution >= 0.6 is 0 Å². The Morgan fingerprint density at radius 2 is 2.00 bits per heavy atom. The molecule has 2 fully saturated rings. The van der Waals surface area contributed by atoms with Gasteiger partial charge in [-0.3, -0.25) is 4.79 Å². The minimum atomic E-state index is -4.47. The van der Waals surface area contributed by atoms with Gasteiger partial charge in [0.25, 0.3) is 0 Å². The normalized spacial score (nSPS) is 23.5. The molecule has 166 valence electrons. The van der Waals surface area contributed by atoms with Crippen molar-refractivity contribution in [1.82, 2.24) is 10.3 Å². The molecule has 2 saturated heterocycles. The first-order valence-electron chi connectivity index (χ1n) is 10.6. The Hall–Kier alpha value is -2.61. The van der Waals surface area contributed by atoms with Crippen LogP contribution in [-0.4, -0.2) is 42.6 Å². The maximum atomic E-state index is 13.6. The summed E-state index contributed by atoms with van der Waals surface area (Å²) in [6.45, 7) is 4.36. The second kappa shape index (κ2) is 8.15. The van der Waals surface area contributed by atoms with Gasteiger partial charge in [0.05, 0.1) is 5.56 Å². The van der Waals surface area contributed by atoms with Gasteiger partial charge in [-0.15, -0.1) is 0 Å². The van der Waals surface area contributed by atoms with Gasteiger partial charge in [0, 0.05) is 30.5 Å². The molecule has 2 aromatic rings. The number of halogens is 3. The van der Waals surface area contributed by atoms with E-state index in [9.17, 15) is 18.0 Å². The summed E-state index contributed by atoms with van der Waals surface area (Å²) in [5.74, 6) is 0.0817. The maximum Gasteiger partial charge on any atom is 0.416 e. The van der Waals surface area contributed by atoms with Gasteiger partial charge in [0.1, 0.15) is 11.9 Å². The monoisotopic (exact) mass is 432 g/mol. The van der Waals surface area contributed by atoms with Gasteiger partial charge in [-0.2, -0.15) is 13.2 Å². The average Bonchev–Trinajstić information content (AvgIpc) is 3.11. The van der Waals surface area contributed by atoms with Crippen molar-refractivity contribution in [3.63, 3.8) is 0 Å². The number of benzene rings is 1. The molecule has 3 heterocycles. The number of nitrogens with one attached hydrogen (secondary N) is 1. The first-order chi connectivity index (χ1) is 14.6. The number of aryl methyl sites for hydroxylation is 2. The second-order valence-electron chi connectivity index (χ2n) is 8.52. The average molecular weight is 432 g/mol. The van der Waals surface area contributed by atoms with Gasteiger partial charge in [0.15, 0.2) is 0 Å². The molecule has 4 rings (SSSR count). The van der Waals surface area contributed by atoms with Crippen LogP contribution in [0.15, 0.2) is 36.4 Å². The van der Waals surface area contributed by atoms with E-state index in [2.05, 4.69) is 10.3 Å². The molecule has 2 aliphatic rings. The molecule has 5 nitrogen and oxygen atoms in total. The predicted octanol–water partition coefficient (Wildman–Crippen LogP) is 4.08. The SMILES string of the molecule is Cc1cccc(N(C)C(=O)[C@@H]2CC3NCCC[C@@H]3N2c2cc(C(F)(F)F)cc(C)n2)c1. The highest BCUT2D eigenvalue weighted by atomic mass is 19.4. The number of aromatic nitrogens is 1. The van der Waals surface area contributed by atoms with Crippen molar-refractivity contribution in [2.75, 3.05) is 23.4 Å². The quantitative estimate of drug-likeness (QED) is 0.794. The van der Waals surface area contributed by atoms with E-state index in [4.69, 9.17) is 0 Å². The summed E-state index contributed by atoms with van der Waals surface area (Å²) in [4.78, 5) is 21.4. The first kappa shape index (κ1) is 21.6. The minimum absolute atomic E-state index is 0.0465. The molecule has 0 spiro atoms. The number of carbonyl (C=O) groups excluding carboxylic acids is 1. The lowest BCUT2D eigenvalue weighted by Gasteiger charge is -2.36. The van der Waals surface area contributed by atoms with Crippen molar-refractivity contribution >= 4 is 17.4 Å². The fourth-order valence-corrected chi connectivity index (χ4v) is 4.78. The zero-order valence-corrected chi connectivity index (χ0v) is 17.9. The highest BCUT2D eigenvalue weighted by molar-refractivity contribution is 5.99. The van der Waals surface area contributed by atoms with Crippen LogP contribution in [0.2, 0.25) is 0 Å². The molecule has 3 atom stereocenters. The standard InChI is InChI=1S/C23H27F3N4O/c1-14-6-4-7-17(10-14)29(3)22(31)20-13-18-19(8-5-9-27-18)30(20)21-12-16(23(24,25)26)11-15(2)28-21/h4,6-7,10-12,18-20,27H,5,8-9,13H2,1-3H3/t18?,19-,20-/m0/s1. The van der Waals surface area contributed by atoms with Gasteiger partial charge in [-0.05, 0) is 69.5 Å². The number of anilines is 2. The third-order valence-electron chi connectivity index (χ3n) is 6.25. The lowest BCUT2D eigenvalue weighted by atomic mass is 9.99. The fraction of sp³-hybridized carbons (Fsp3) is 0.478. The van der Waals surface area contributed by atoms with Gasteiger partial charge in [-0.1, -0.05) is 12.1 Å². The van der Waals surface area contributed by atoms with E-state index < -0.39 is 17.8 Å². The summed E-state index contributed by atoms with van der Waals surface area (Å²) in [7, 11) is 1.72. The van der Waals surface area contributed by atoms with Gasteiger partial charge < -0.3 is 15.1 Å². The van der Waals surface area contributed by atoms with Crippen LogP contribution in [0.5, 0.6) is 0 Å². The number of hydrogen-bond donors (Lipinski definition) is 1. The molecule has 1 N–H and O–H groups in total. The van der Waals surface area contributed by atoms with E-state index in [0.717, 1.165) is 42.8 Å². The molecule has 8 heteroatoms. The number of rotatable bonds is 3. The number of fused-ring (bicyclic) bond motifs is 1. The molecule has 31 heavy (non-hydrogen) atoms. The number of piperidine rings is 1. The van der Waals surface area contributed by atoms with Crippen LogP contribution in [0.25, 0.3) is 0 Å². The van der Waals surface area contributed by atoms with Crippen LogP contribution in [0.4, 0.5) is 24.7 Å². The number of nitrogens with zero attached hydrogens (tertiary/aromatic N) is 3. The Labute approximate surface area is 180 Å². The van der Waals surface area contributed by atoms with Crippen LogP contribution in [0.1, 0.15) is 36.1 Å². The topological polar surface area (TPSA) is 48.5 Å². The minimum Gasteiger partial charge on any atom is -0.340 e. The highest BCUT2D eigenvalue weighted by Gasteiger charge is 2.47. The van der Waals surface area contributed by atoms with Crippen LogP contribution < -0.4 is 15.1 Å². The number of pyridine rings is 1. The van der Waals surface area contributed by atoms with E-state index in [1.165, 1.54) is 0 Å². The first-order valence-corrected chi connectivity index (χ1v) is 10.6. The molecule has 0 bridgehead atoms. The van der Waals surface area contributed by atoms with Crippen molar-refractivity contribution < 1.29 is 18.0 Å². The van der Waals surface area contributed by atoms with Gasteiger partial charge >= 0.3 is 6.18 Å². The molecule has 0 aliphatic carbocycles. The highest BCUT2D eigenvalue weighted by Crippen LogP contribution is 2.38. The summed E-state index contributed by atoms with van der Waals surface area (Å²) >= 11 is 0. The van der Waals surface area contributed by atoms with Crippen molar-refractivity contribution in [2.45, 2.75) is 57.4 Å². The Morgan fingerprint density at radius 1 is 1.23 bits per heavy atom. The summed E-state index contributed by atoms with van der Waals surface area (Å²) in [6, 6.07) is 9.16. The van der Waals surface area contributed by atoms with E-state index in [-0.39, 0.29) is 29.5 Å². The fourth-order valence-electron chi connectivity index (χ4n) is 4.78. The summed E-state index contributed by atoms with van der Waals surface area (Å²) in [5.41, 5.74) is 1.35. The molecule has 0 radical (unpaired) electrons. The lowest BCUT2D eigenvalue weighted by Crippen LogP contribution is -2.50. The van der Waals surface area contributed by atoms with E-state index in [1.54, 1.807) is 18.9 Å². The molecule has 0 saturated carbocycles. The Kier molecular flexibility index (Phi) is 5.68. The lowest BCUT2D eigenvalue weighted by molar-refractivity contribution is -0.137. The number of hydrogen-bond acceptors (Lipinski definition) is 4. The van der Waals surface area contributed by atoms with Crippen molar-refractivity contribution in [2.24, 2.45) is 0 Å². The van der Waals surface area contributed by atoms with Crippen LogP contribution in [-0.2, 0) is 11.0 Å². The largest absolute Gasteiger partial charge is 0.416 e. The van der Waals surface area contributed by atoms with Crippen molar-refractivity contribution in [1.29, 1.82) is 0 Å². The molecule has 1 aromatic heterocycles. The zero-order chi connectivity index (χ0) is 22.3. The van der Waals surface area contributed by atoms with E-state index in [0.29, 0.717) is 6.42 Å². The summed E-state index contributed by atoms with van der Waals surface area (Å²) in [6.07, 6.45) is -2.21. The third kappa shape index (κ3) is 4.26. The summed E-state index contributed by atoms with van der Waals surface area (Å²) < 4.78 is 40.4. The van der Waals surface area contributed by atoms with E-state index >= 15 is 0 Å². The molecule has 1 aromatic carbocycles. The van der Waals surface area contributed by atoms with E-state index in [1.807, 2.05) is 36.1 Å². The number of amides is 1. The Balaban J connectivity index is 1.73. The van der Waals surface area contributed by atoms with Gasteiger partial charge in [0.2, 0.25) is 5.91 Å². The molecular weight excluding hydrogens is 405 g/mol. The predicted molar refractivity (Wildman–Crippen MR) is 114 cm³/mol. The molecule has 1 unspecified atom stereocenters. The maximum absolute atomic E-state index is 13.6. The molecule has 1 amide bonds.